The zero-order chi connectivity index (χ0) is 10.1. The van der Waals surface area contributed by atoms with E-state index in [1.807, 2.05) is 0 Å². The van der Waals surface area contributed by atoms with Gasteiger partial charge in [-0.15, -0.1) is 13.2 Å². The summed E-state index contributed by atoms with van der Waals surface area (Å²) in [7, 11) is 0. The van der Waals surface area contributed by atoms with E-state index in [1.165, 1.54) is 6.92 Å². The van der Waals surface area contributed by atoms with Crippen LogP contribution < -0.4 is 5.32 Å². The monoisotopic (exact) mass is 197 g/mol. The third-order valence-electron chi connectivity index (χ3n) is 1.88. The van der Waals surface area contributed by atoms with Crippen LogP contribution in [-0.4, -0.2) is 30.8 Å². The van der Waals surface area contributed by atoms with Gasteiger partial charge in [0.1, 0.15) is 5.78 Å². The predicted octanol–water partition coefficient (Wildman–Crippen LogP) is 0.842. The van der Waals surface area contributed by atoms with Crippen molar-refractivity contribution in [2.24, 2.45) is 0 Å². The molecule has 2 atom stereocenters. The van der Waals surface area contributed by atoms with Crippen LogP contribution in [0, 0.1) is 0 Å². The second-order valence-corrected chi connectivity index (χ2v) is 2.99. The molecule has 1 rings (SSSR count). The lowest BCUT2D eigenvalue weighted by molar-refractivity contribution is -0.340. The van der Waals surface area contributed by atoms with Gasteiger partial charge in [-0.2, -0.15) is 0 Å². The molecule has 1 fully saturated rings. The van der Waals surface area contributed by atoms with E-state index in [0.717, 1.165) is 0 Å². The number of carbonyl (C=O) groups is 1. The number of hydrogen-bond acceptors (Lipinski definition) is 3. The van der Waals surface area contributed by atoms with Crippen molar-refractivity contribution in [3.8, 4) is 0 Å². The molecule has 13 heavy (non-hydrogen) atoms. The Kier molecular flexibility index (Phi) is 2.92. The highest BCUT2D eigenvalue weighted by Crippen LogP contribution is 2.23. The molecule has 0 aliphatic carbocycles. The lowest BCUT2D eigenvalue weighted by atomic mass is 10.1. The smallest absolute Gasteiger partial charge is 0.305 e. The first-order valence-electron chi connectivity index (χ1n) is 3.87. The van der Waals surface area contributed by atoms with E-state index in [0.29, 0.717) is 0 Å². The van der Waals surface area contributed by atoms with E-state index in [9.17, 15) is 18.0 Å². The summed E-state index contributed by atoms with van der Waals surface area (Å²) in [6, 6.07) is -0.493. The maximum atomic E-state index is 11.7. The molecule has 0 unspecified atom stereocenters. The van der Waals surface area contributed by atoms with Crippen molar-refractivity contribution in [2.45, 2.75) is 31.9 Å². The van der Waals surface area contributed by atoms with E-state index in [1.54, 1.807) is 0 Å². The zero-order valence-electron chi connectivity index (χ0n) is 7.02. The molecule has 1 aliphatic rings. The number of alkyl halides is 3. The number of Topliss-reactive ketones (excluding diaryl/α,β-unsaturated/α-hetero) is 1. The van der Waals surface area contributed by atoms with Crippen LogP contribution in [0.25, 0.3) is 0 Å². The van der Waals surface area contributed by atoms with Gasteiger partial charge in [-0.3, -0.25) is 9.53 Å². The van der Waals surface area contributed by atoms with E-state index >= 15 is 0 Å². The number of rotatable bonds is 2. The van der Waals surface area contributed by atoms with Gasteiger partial charge in [0, 0.05) is 6.54 Å². The SMILES string of the molecule is CC(=O)[C@@H]1C[C@@H](OC(F)(F)F)CN1. The molecule has 76 valence electrons. The highest BCUT2D eigenvalue weighted by Gasteiger charge is 2.37. The van der Waals surface area contributed by atoms with Crippen molar-refractivity contribution < 1.29 is 22.7 Å². The standard InChI is InChI=1S/C7H10F3NO2/c1-4(12)6-2-5(3-11-6)13-7(8,9)10/h5-6,11H,2-3H2,1H3/t5-,6+/m1/s1. The highest BCUT2D eigenvalue weighted by molar-refractivity contribution is 5.81. The Hall–Kier alpha value is -0.620. The number of nitrogens with one attached hydrogen (secondary N) is 1. The summed E-state index contributed by atoms with van der Waals surface area (Å²) in [5.74, 6) is -0.159. The maximum absolute atomic E-state index is 11.7. The molecule has 0 aromatic carbocycles. The normalized spacial score (nSPS) is 29.2. The first kappa shape index (κ1) is 10.5. The third kappa shape index (κ3) is 3.31. The van der Waals surface area contributed by atoms with Crippen LogP contribution in [0.15, 0.2) is 0 Å². The molecule has 6 heteroatoms. The van der Waals surface area contributed by atoms with Gasteiger partial charge in [-0.25, -0.2) is 0 Å². The van der Waals surface area contributed by atoms with E-state index < -0.39 is 18.5 Å². The molecule has 3 nitrogen and oxygen atoms in total. The average molecular weight is 197 g/mol. The quantitative estimate of drug-likeness (QED) is 0.713. The number of ether oxygens (including phenoxy) is 1. The molecule has 0 spiro atoms. The molecule has 1 N–H and O–H groups in total. The number of ketones is 1. The van der Waals surface area contributed by atoms with Crippen molar-refractivity contribution in [2.75, 3.05) is 6.54 Å². The first-order chi connectivity index (χ1) is 5.88. The van der Waals surface area contributed by atoms with Gasteiger partial charge in [0.2, 0.25) is 0 Å². The largest absolute Gasteiger partial charge is 0.522 e. The minimum absolute atomic E-state index is 0.0732. The second kappa shape index (κ2) is 3.63. The predicted molar refractivity (Wildman–Crippen MR) is 38.0 cm³/mol. The Morgan fingerprint density at radius 2 is 2.15 bits per heavy atom. The minimum atomic E-state index is -4.61. The molecule has 1 saturated heterocycles. The van der Waals surface area contributed by atoms with Crippen LogP contribution in [0.2, 0.25) is 0 Å². The Morgan fingerprint density at radius 3 is 2.54 bits per heavy atom. The minimum Gasteiger partial charge on any atom is -0.305 e. The summed E-state index contributed by atoms with van der Waals surface area (Å²) in [5.41, 5.74) is 0. The van der Waals surface area contributed by atoms with Gasteiger partial charge < -0.3 is 5.32 Å². The van der Waals surface area contributed by atoms with Gasteiger partial charge in [-0.1, -0.05) is 0 Å². The van der Waals surface area contributed by atoms with Crippen molar-refractivity contribution in [1.82, 2.24) is 5.32 Å². The number of hydrogen-bond donors (Lipinski definition) is 1. The van der Waals surface area contributed by atoms with Crippen LogP contribution in [0.5, 0.6) is 0 Å². The Bertz CT molecular complexity index is 204. The number of halogens is 3. The second-order valence-electron chi connectivity index (χ2n) is 2.99. The van der Waals surface area contributed by atoms with Crippen LogP contribution in [0.3, 0.4) is 0 Å². The zero-order valence-corrected chi connectivity index (χ0v) is 7.02. The van der Waals surface area contributed by atoms with Crippen LogP contribution >= 0.6 is 0 Å². The summed E-state index contributed by atoms with van der Waals surface area (Å²) in [6.45, 7) is 1.41. The van der Waals surface area contributed by atoms with Crippen molar-refractivity contribution in [1.29, 1.82) is 0 Å². The van der Waals surface area contributed by atoms with E-state index in [4.69, 9.17) is 0 Å². The van der Waals surface area contributed by atoms with Crippen molar-refractivity contribution >= 4 is 5.78 Å². The lowest BCUT2D eigenvalue weighted by Gasteiger charge is -2.12. The molecular weight excluding hydrogens is 187 g/mol. The Balaban J connectivity index is 2.38. The fourth-order valence-electron chi connectivity index (χ4n) is 1.29. The molecule has 0 radical (unpaired) electrons. The maximum Gasteiger partial charge on any atom is 0.522 e. The molecule has 0 amide bonds. The fourth-order valence-corrected chi connectivity index (χ4v) is 1.29. The van der Waals surface area contributed by atoms with Gasteiger partial charge >= 0.3 is 6.36 Å². The summed E-state index contributed by atoms with van der Waals surface area (Å²) in [5, 5.41) is 2.65. The summed E-state index contributed by atoms with van der Waals surface area (Å²) >= 11 is 0. The molecule has 0 aromatic rings. The first-order valence-corrected chi connectivity index (χ1v) is 3.87. The van der Waals surface area contributed by atoms with Gasteiger partial charge in [-0.05, 0) is 13.3 Å². The molecular formula is C7H10F3NO2. The molecule has 0 saturated carbocycles. The molecule has 1 aliphatic heterocycles. The van der Waals surface area contributed by atoms with Gasteiger partial charge in [0.25, 0.3) is 0 Å². The molecule has 0 bridgehead atoms. The van der Waals surface area contributed by atoms with Crippen LogP contribution in [0.4, 0.5) is 13.2 Å². The topological polar surface area (TPSA) is 38.3 Å². The fraction of sp³-hybridized carbons (Fsp3) is 0.857. The molecule has 1 heterocycles. The number of carbonyl (C=O) groups excluding carboxylic acids is 1. The van der Waals surface area contributed by atoms with Crippen molar-refractivity contribution in [3.63, 3.8) is 0 Å². The average Bonchev–Trinajstić information content (AvgIpc) is 2.31. The summed E-state index contributed by atoms with van der Waals surface area (Å²) in [6.07, 6.45) is -5.46. The summed E-state index contributed by atoms with van der Waals surface area (Å²) in [4.78, 5) is 10.8. The van der Waals surface area contributed by atoms with E-state index in [-0.39, 0.29) is 18.7 Å². The molecule has 0 aromatic heterocycles. The van der Waals surface area contributed by atoms with Crippen LogP contribution in [0.1, 0.15) is 13.3 Å². The highest BCUT2D eigenvalue weighted by atomic mass is 19.4. The van der Waals surface area contributed by atoms with Crippen molar-refractivity contribution in [3.05, 3.63) is 0 Å². The van der Waals surface area contributed by atoms with Crippen LogP contribution in [-0.2, 0) is 9.53 Å². The Labute approximate surface area is 73.2 Å². The lowest BCUT2D eigenvalue weighted by Crippen LogP contribution is -2.28. The van der Waals surface area contributed by atoms with E-state index in [2.05, 4.69) is 10.1 Å². The Morgan fingerprint density at radius 1 is 1.54 bits per heavy atom. The van der Waals surface area contributed by atoms with Gasteiger partial charge in [0.15, 0.2) is 0 Å². The third-order valence-corrected chi connectivity index (χ3v) is 1.88. The van der Waals surface area contributed by atoms with Gasteiger partial charge in [0.05, 0.1) is 12.1 Å². The summed E-state index contributed by atoms with van der Waals surface area (Å²) < 4.78 is 38.9.